The van der Waals surface area contributed by atoms with Gasteiger partial charge in [0.1, 0.15) is 0 Å². The summed E-state index contributed by atoms with van der Waals surface area (Å²) >= 11 is 0. The predicted molar refractivity (Wildman–Crippen MR) is 77.0 cm³/mol. The molecule has 0 saturated heterocycles. The van der Waals surface area contributed by atoms with E-state index < -0.39 is 0 Å². The summed E-state index contributed by atoms with van der Waals surface area (Å²) in [4.78, 5) is 6.30. The second-order valence-electron chi connectivity index (χ2n) is 4.35. The molecule has 1 heterocycles. The van der Waals surface area contributed by atoms with E-state index in [2.05, 4.69) is 21.3 Å². The second kappa shape index (κ2) is 5.87. The molecule has 1 aromatic carbocycles. The maximum atomic E-state index is 8.90. The minimum atomic E-state index is 0.688. The smallest absolute Gasteiger partial charge is 0.0991 e. The Hall–Kier alpha value is -2.54. The Balaban J connectivity index is 2.15. The number of nitriles is 1. The van der Waals surface area contributed by atoms with Crippen molar-refractivity contribution in [3.63, 3.8) is 0 Å². The molecule has 0 saturated carbocycles. The van der Waals surface area contributed by atoms with Crippen molar-refractivity contribution in [2.24, 2.45) is 0 Å². The number of rotatable bonds is 4. The van der Waals surface area contributed by atoms with Crippen LogP contribution in [0, 0.1) is 11.3 Å². The van der Waals surface area contributed by atoms with E-state index in [1.165, 1.54) is 0 Å². The number of hydrogen-bond donors (Lipinski definition) is 1. The van der Waals surface area contributed by atoms with Crippen LogP contribution in [0.4, 0.5) is 11.4 Å². The first-order valence-electron chi connectivity index (χ1n) is 6.06. The van der Waals surface area contributed by atoms with Crippen LogP contribution in [0.15, 0.2) is 42.7 Å². The van der Waals surface area contributed by atoms with Crippen LogP contribution < -0.4 is 10.2 Å². The third kappa shape index (κ3) is 3.23. The van der Waals surface area contributed by atoms with Gasteiger partial charge in [-0.2, -0.15) is 5.26 Å². The van der Waals surface area contributed by atoms with Crippen molar-refractivity contribution >= 4 is 11.4 Å². The molecule has 2 rings (SSSR count). The Labute approximate surface area is 113 Å². The Morgan fingerprint density at radius 1 is 1.32 bits per heavy atom. The third-order valence-electron chi connectivity index (χ3n) is 2.93. The molecule has 0 aliphatic rings. The number of anilines is 2. The van der Waals surface area contributed by atoms with Gasteiger partial charge < -0.3 is 10.2 Å². The van der Waals surface area contributed by atoms with E-state index in [1.54, 1.807) is 6.20 Å². The van der Waals surface area contributed by atoms with Crippen molar-refractivity contribution in [3.05, 3.63) is 53.9 Å². The molecule has 1 N–H and O–H groups in total. The third-order valence-corrected chi connectivity index (χ3v) is 2.93. The summed E-state index contributed by atoms with van der Waals surface area (Å²) < 4.78 is 0. The van der Waals surface area contributed by atoms with Crippen molar-refractivity contribution in [1.29, 1.82) is 5.26 Å². The van der Waals surface area contributed by atoms with Crippen LogP contribution in [0.3, 0.4) is 0 Å². The molecule has 0 spiro atoms. The first-order chi connectivity index (χ1) is 9.22. The number of benzene rings is 1. The molecule has 0 fully saturated rings. The summed E-state index contributed by atoms with van der Waals surface area (Å²) in [5.41, 5.74) is 3.81. The van der Waals surface area contributed by atoms with Gasteiger partial charge >= 0.3 is 0 Å². The highest BCUT2D eigenvalue weighted by Gasteiger charge is 2.04. The highest BCUT2D eigenvalue weighted by Crippen LogP contribution is 2.18. The normalized spacial score (nSPS) is 9.74. The zero-order valence-electron chi connectivity index (χ0n) is 11.1. The summed E-state index contributed by atoms with van der Waals surface area (Å²) in [6.07, 6.45) is 3.61. The Kier molecular flexibility index (Phi) is 3.99. The molecule has 19 heavy (non-hydrogen) atoms. The number of nitrogens with zero attached hydrogens (tertiary/aromatic N) is 3. The number of aromatic nitrogens is 1. The summed E-state index contributed by atoms with van der Waals surface area (Å²) in [5.74, 6) is 0. The van der Waals surface area contributed by atoms with Gasteiger partial charge in [-0.3, -0.25) is 4.98 Å². The Morgan fingerprint density at radius 2 is 2.16 bits per heavy atom. The quantitative estimate of drug-likeness (QED) is 0.908. The topological polar surface area (TPSA) is 52.0 Å². The molecule has 96 valence electrons. The minimum Gasteiger partial charge on any atom is -0.387 e. The lowest BCUT2D eigenvalue weighted by molar-refractivity contribution is 0.917. The SMILES string of the molecule is CNc1cncc(N(C)Cc2cccc(C#N)c2)c1. The van der Waals surface area contributed by atoms with E-state index >= 15 is 0 Å². The van der Waals surface area contributed by atoms with Crippen LogP contribution in [-0.2, 0) is 6.54 Å². The van der Waals surface area contributed by atoms with Crippen LogP contribution in [0.1, 0.15) is 11.1 Å². The average molecular weight is 252 g/mol. The van der Waals surface area contributed by atoms with Crippen molar-refractivity contribution in [3.8, 4) is 6.07 Å². The van der Waals surface area contributed by atoms with E-state index in [1.807, 2.05) is 50.6 Å². The van der Waals surface area contributed by atoms with E-state index in [4.69, 9.17) is 5.26 Å². The molecule has 0 aliphatic heterocycles. The fourth-order valence-electron chi connectivity index (χ4n) is 1.88. The fourth-order valence-corrected chi connectivity index (χ4v) is 1.88. The molecule has 2 aromatic rings. The Morgan fingerprint density at radius 3 is 2.89 bits per heavy atom. The summed E-state index contributed by atoms with van der Waals surface area (Å²) in [6.45, 7) is 0.740. The zero-order valence-corrected chi connectivity index (χ0v) is 11.1. The van der Waals surface area contributed by atoms with Crippen LogP contribution >= 0.6 is 0 Å². The van der Waals surface area contributed by atoms with Gasteiger partial charge in [-0.1, -0.05) is 12.1 Å². The van der Waals surface area contributed by atoms with Crippen LogP contribution in [0.5, 0.6) is 0 Å². The minimum absolute atomic E-state index is 0.688. The number of hydrogen-bond acceptors (Lipinski definition) is 4. The van der Waals surface area contributed by atoms with Gasteiger partial charge in [0.2, 0.25) is 0 Å². The molecule has 0 atom stereocenters. The lowest BCUT2D eigenvalue weighted by Gasteiger charge is -2.19. The predicted octanol–water partition coefficient (Wildman–Crippen LogP) is 2.63. The lowest BCUT2D eigenvalue weighted by Crippen LogP contribution is -2.16. The molecular weight excluding hydrogens is 236 g/mol. The molecule has 0 unspecified atom stereocenters. The summed E-state index contributed by atoms with van der Waals surface area (Å²) in [5, 5.41) is 12.0. The number of pyridine rings is 1. The molecule has 4 heteroatoms. The van der Waals surface area contributed by atoms with Gasteiger partial charge in [-0.15, -0.1) is 0 Å². The zero-order chi connectivity index (χ0) is 13.7. The van der Waals surface area contributed by atoms with Crippen molar-refractivity contribution < 1.29 is 0 Å². The molecule has 0 amide bonds. The molecule has 1 aromatic heterocycles. The van der Waals surface area contributed by atoms with Crippen molar-refractivity contribution in [2.45, 2.75) is 6.54 Å². The highest BCUT2D eigenvalue weighted by molar-refractivity contribution is 5.55. The van der Waals surface area contributed by atoms with Crippen molar-refractivity contribution in [2.75, 3.05) is 24.3 Å². The van der Waals surface area contributed by atoms with E-state index in [-0.39, 0.29) is 0 Å². The number of nitrogens with one attached hydrogen (secondary N) is 1. The van der Waals surface area contributed by atoms with Crippen LogP contribution in [-0.4, -0.2) is 19.1 Å². The fraction of sp³-hybridized carbons (Fsp3) is 0.200. The standard InChI is InChI=1S/C15H16N4/c1-17-14-7-15(10-18-9-14)19(2)11-13-5-3-4-12(6-13)8-16/h3-7,9-10,17H,11H2,1-2H3. The first kappa shape index (κ1) is 12.9. The van der Waals surface area contributed by atoms with Gasteiger partial charge in [0.15, 0.2) is 0 Å². The lowest BCUT2D eigenvalue weighted by atomic mass is 10.1. The van der Waals surface area contributed by atoms with E-state index in [0.29, 0.717) is 5.56 Å². The van der Waals surface area contributed by atoms with E-state index in [0.717, 1.165) is 23.5 Å². The highest BCUT2D eigenvalue weighted by atomic mass is 15.1. The van der Waals surface area contributed by atoms with E-state index in [9.17, 15) is 0 Å². The molecular formula is C15H16N4. The Bertz CT molecular complexity index is 601. The molecule has 4 nitrogen and oxygen atoms in total. The first-order valence-corrected chi connectivity index (χ1v) is 6.06. The monoisotopic (exact) mass is 252 g/mol. The van der Waals surface area contributed by atoms with Crippen LogP contribution in [0.25, 0.3) is 0 Å². The van der Waals surface area contributed by atoms with Gasteiger partial charge in [0.25, 0.3) is 0 Å². The maximum absolute atomic E-state index is 8.90. The summed E-state index contributed by atoms with van der Waals surface area (Å²) in [7, 11) is 3.88. The summed E-state index contributed by atoms with van der Waals surface area (Å²) in [6, 6.07) is 11.8. The van der Waals surface area contributed by atoms with Gasteiger partial charge in [0, 0.05) is 20.6 Å². The van der Waals surface area contributed by atoms with Gasteiger partial charge in [-0.05, 0) is 23.8 Å². The largest absolute Gasteiger partial charge is 0.387 e. The van der Waals surface area contributed by atoms with Gasteiger partial charge in [0.05, 0.1) is 35.4 Å². The molecule has 0 bridgehead atoms. The van der Waals surface area contributed by atoms with Crippen molar-refractivity contribution in [1.82, 2.24) is 4.98 Å². The van der Waals surface area contributed by atoms with Crippen LogP contribution in [0.2, 0.25) is 0 Å². The average Bonchev–Trinajstić information content (AvgIpc) is 2.47. The maximum Gasteiger partial charge on any atom is 0.0991 e. The molecule has 0 radical (unpaired) electrons. The second-order valence-corrected chi connectivity index (χ2v) is 4.35. The molecule has 0 aliphatic carbocycles. The van der Waals surface area contributed by atoms with Gasteiger partial charge in [-0.25, -0.2) is 0 Å².